The molecule has 0 saturated carbocycles. The van der Waals surface area contributed by atoms with Crippen LogP contribution in [0.3, 0.4) is 0 Å². The summed E-state index contributed by atoms with van der Waals surface area (Å²) in [7, 11) is 1.60. The molecular weight excluding hydrogens is 422 g/mol. The minimum Gasteiger partial charge on any atom is -0.493 e. The number of carbonyl (C=O) groups excluding carboxylic acids is 1. The van der Waals surface area contributed by atoms with Crippen molar-refractivity contribution in [3.63, 3.8) is 0 Å². The van der Waals surface area contributed by atoms with Crippen molar-refractivity contribution >= 4 is 40.1 Å². The summed E-state index contributed by atoms with van der Waals surface area (Å²) in [5.41, 5.74) is 1.25. The van der Waals surface area contributed by atoms with Gasteiger partial charge in [-0.2, -0.15) is 0 Å². The van der Waals surface area contributed by atoms with E-state index in [1.54, 1.807) is 37.5 Å². The first-order valence-corrected chi connectivity index (χ1v) is 10.5. The van der Waals surface area contributed by atoms with E-state index in [1.165, 1.54) is 11.8 Å². The number of carbonyl (C=O) groups is 1. The van der Waals surface area contributed by atoms with Crippen LogP contribution in [0.15, 0.2) is 70.8 Å². The minimum absolute atomic E-state index is 0.0140. The number of furan rings is 1. The monoisotopic (exact) mass is 439 g/mol. The van der Waals surface area contributed by atoms with Crippen LogP contribution in [-0.4, -0.2) is 33.4 Å². The van der Waals surface area contributed by atoms with Crippen LogP contribution in [0.2, 0.25) is 5.02 Å². The Balaban J connectivity index is 1.61. The van der Waals surface area contributed by atoms with Crippen LogP contribution < -0.4 is 4.74 Å². The second kappa shape index (κ2) is 8.77. The van der Waals surface area contributed by atoms with E-state index in [0.717, 1.165) is 5.39 Å². The number of benzene rings is 2. The van der Waals surface area contributed by atoms with Gasteiger partial charge in [-0.25, -0.2) is 0 Å². The number of hydrogen-bond acceptors (Lipinski definition) is 6. The van der Waals surface area contributed by atoms with Crippen LogP contribution in [0.5, 0.6) is 5.75 Å². The van der Waals surface area contributed by atoms with Crippen LogP contribution in [0.4, 0.5) is 0 Å². The lowest BCUT2D eigenvalue weighted by molar-refractivity contribution is 0.102. The zero-order valence-corrected chi connectivity index (χ0v) is 17.7. The molecule has 0 N–H and O–H groups in total. The fourth-order valence-electron chi connectivity index (χ4n) is 3.03. The zero-order valence-electron chi connectivity index (χ0n) is 16.2. The number of fused-ring (bicyclic) bond motifs is 1. The molecule has 0 radical (unpaired) electrons. The highest BCUT2D eigenvalue weighted by Gasteiger charge is 2.19. The van der Waals surface area contributed by atoms with Crippen molar-refractivity contribution in [2.24, 2.45) is 0 Å². The Labute approximate surface area is 182 Å². The number of rotatable bonds is 8. The molecule has 0 unspecified atom stereocenters. The fourth-order valence-corrected chi connectivity index (χ4v) is 4.00. The number of ketones is 1. The van der Waals surface area contributed by atoms with Crippen molar-refractivity contribution < 1.29 is 13.9 Å². The predicted molar refractivity (Wildman–Crippen MR) is 118 cm³/mol. The third kappa shape index (κ3) is 3.99. The van der Waals surface area contributed by atoms with E-state index in [2.05, 4.69) is 16.8 Å². The standard InChI is InChI=1S/C22H18ClN3O3S/c1-3-11-26-21(19-12-15-5-4-6-18(28-2)20(15)29-19)24-25-22(26)30-13-17(27)14-7-9-16(23)10-8-14/h3-10,12H,1,11,13H2,2H3. The van der Waals surface area contributed by atoms with Gasteiger partial charge in [0.2, 0.25) is 5.82 Å². The molecule has 0 atom stereocenters. The number of Topliss-reactive ketones (excluding diaryl/α,β-unsaturated/α-hetero) is 1. The van der Waals surface area contributed by atoms with E-state index in [-0.39, 0.29) is 11.5 Å². The van der Waals surface area contributed by atoms with Crippen molar-refractivity contribution in [2.45, 2.75) is 11.7 Å². The van der Waals surface area contributed by atoms with E-state index in [1.807, 2.05) is 28.8 Å². The first kappa shape index (κ1) is 20.3. The molecule has 0 spiro atoms. The number of allylic oxidation sites excluding steroid dienone is 1. The topological polar surface area (TPSA) is 70.2 Å². The third-order valence-electron chi connectivity index (χ3n) is 4.48. The predicted octanol–water partition coefficient (Wildman–Crippen LogP) is 5.51. The maximum Gasteiger partial charge on any atom is 0.200 e. The Bertz CT molecular complexity index is 1210. The first-order valence-electron chi connectivity index (χ1n) is 9.13. The van der Waals surface area contributed by atoms with Gasteiger partial charge in [0.05, 0.1) is 12.9 Å². The van der Waals surface area contributed by atoms with E-state index in [0.29, 0.717) is 45.2 Å². The lowest BCUT2D eigenvalue weighted by atomic mass is 10.1. The molecule has 4 aromatic rings. The molecule has 0 aliphatic rings. The molecule has 152 valence electrons. The molecule has 4 rings (SSSR count). The largest absolute Gasteiger partial charge is 0.493 e. The fraction of sp³-hybridized carbons (Fsp3) is 0.136. The Kier molecular flexibility index (Phi) is 5.92. The van der Waals surface area contributed by atoms with Crippen molar-refractivity contribution in [3.8, 4) is 17.3 Å². The summed E-state index contributed by atoms with van der Waals surface area (Å²) in [6.07, 6.45) is 1.75. The minimum atomic E-state index is -0.0140. The second-order valence-electron chi connectivity index (χ2n) is 6.41. The van der Waals surface area contributed by atoms with Crippen LogP contribution in [-0.2, 0) is 6.54 Å². The van der Waals surface area contributed by atoms with Gasteiger partial charge in [0, 0.05) is 22.5 Å². The van der Waals surface area contributed by atoms with Gasteiger partial charge in [-0.1, -0.05) is 41.6 Å². The van der Waals surface area contributed by atoms with Crippen molar-refractivity contribution in [3.05, 3.63) is 71.8 Å². The van der Waals surface area contributed by atoms with Crippen LogP contribution in [0.25, 0.3) is 22.6 Å². The smallest absolute Gasteiger partial charge is 0.200 e. The van der Waals surface area contributed by atoms with Crippen molar-refractivity contribution in [2.75, 3.05) is 12.9 Å². The molecule has 2 heterocycles. The molecule has 0 amide bonds. The number of nitrogens with zero attached hydrogens (tertiary/aromatic N) is 3. The SMILES string of the molecule is C=CCn1c(SCC(=O)c2ccc(Cl)cc2)nnc1-c1cc2cccc(OC)c2o1. The van der Waals surface area contributed by atoms with Gasteiger partial charge in [-0.05, 0) is 36.4 Å². The van der Waals surface area contributed by atoms with Crippen molar-refractivity contribution in [1.29, 1.82) is 0 Å². The summed E-state index contributed by atoms with van der Waals surface area (Å²) < 4.78 is 13.3. The molecule has 0 saturated heterocycles. The highest BCUT2D eigenvalue weighted by molar-refractivity contribution is 7.99. The summed E-state index contributed by atoms with van der Waals surface area (Å²) in [5.74, 6) is 2.00. The number of para-hydroxylation sites is 1. The molecule has 0 bridgehead atoms. The number of halogens is 1. The number of aromatic nitrogens is 3. The Hall–Kier alpha value is -3.03. The number of ether oxygens (including phenoxy) is 1. The molecule has 0 fully saturated rings. The van der Waals surface area contributed by atoms with E-state index in [9.17, 15) is 4.79 Å². The van der Waals surface area contributed by atoms with Gasteiger partial charge in [0.25, 0.3) is 0 Å². The average molecular weight is 440 g/mol. The molecular formula is C22H18ClN3O3S. The molecule has 2 aromatic heterocycles. The van der Waals surface area contributed by atoms with Crippen molar-refractivity contribution in [1.82, 2.24) is 14.8 Å². The molecule has 8 heteroatoms. The van der Waals surface area contributed by atoms with Crippen LogP contribution in [0, 0.1) is 0 Å². The van der Waals surface area contributed by atoms with Gasteiger partial charge >= 0.3 is 0 Å². The Morgan fingerprint density at radius 3 is 2.80 bits per heavy atom. The molecule has 6 nitrogen and oxygen atoms in total. The molecule has 0 aliphatic carbocycles. The summed E-state index contributed by atoms with van der Waals surface area (Å²) in [4.78, 5) is 12.5. The molecule has 2 aromatic carbocycles. The maximum absolute atomic E-state index is 12.5. The number of methoxy groups -OCH3 is 1. The summed E-state index contributed by atoms with van der Waals surface area (Å²) >= 11 is 7.21. The second-order valence-corrected chi connectivity index (χ2v) is 7.79. The Morgan fingerprint density at radius 2 is 2.07 bits per heavy atom. The van der Waals surface area contributed by atoms with E-state index in [4.69, 9.17) is 20.8 Å². The van der Waals surface area contributed by atoms with Gasteiger partial charge in [0.15, 0.2) is 28.0 Å². The van der Waals surface area contributed by atoms with E-state index >= 15 is 0 Å². The van der Waals surface area contributed by atoms with Gasteiger partial charge in [-0.3, -0.25) is 9.36 Å². The maximum atomic E-state index is 12.5. The lowest BCUT2D eigenvalue weighted by Crippen LogP contribution is -2.05. The van der Waals surface area contributed by atoms with Gasteiger partial charge in [-0.15, -0.1) is 16.8 Å². The van der Waals surface area contributed by atoms with Crippen LogP contribution >= 0.6 is 23.4 Å². The quantitative estimate of drug-likeness (QED) is 0.205. The van der Waals surface area contributed by atoms with Gasteiger partial charge in [0.1, 0.15) is 0 Å². The number of thioether (sulfide) groups is 1. The zero-order chi connectivity index (χ0) is 21.1. The first-order chi connectivity index (χ1) is 14.6. The number of hydrogen-bond donors (Lipinski definition) is 0. The summed E-state index contributed by atoms with van der Waals surface area (Å²) in [6, 6.07) is 14.4. The average Bonchev–Trinajstić information content (AvgIpc) is 3.36. The van der Waals surface area contributed by atoms with Gasteiger partial charge < -0.3 is 9.15 Å². The van der Waals surface area contributed by atoms with Crippen LogP contribution in [0.1, 0.15) is 10.4 Å². The lowest BCUT2D eigenvalue weighted by Gasteiger charge is -2.06. The summed E-state index contributed by atoms with van der Waals surface area (Å²) in [5, 5.41) is 10.7. The van der Waals surface area contributed by atoms with E-state index < -0.39 is 0 Å². The summed E-state index contributed by atoms with van der Waals surface area (Å²) in [6.45, 7) is 4.30. The highest BCUT2D eigenvalue weighted by Crippen LogP contribution is 2.34. The normalized spacial score (nSPS) is 11.0. The highest BCUT2D eigenvalue weighted by atomic mass is 35.5. The third-order valence-corrected chi connectivity index (χ3v) is 5.69. The Morgan fingerprint density at radius 1 is 1.27 bits per heavy atom. The molecule has 0 aliphatic heterocycles. The molecule has 30 heavy (non-hydrogen) atoms.